The third-order valence-electron chi connectivity index (χ3n) is 4.69. The SMILES string of the molecule is Nc1ccccc1NC(=O)/C=C/c1ccc(NNc2cccc3ccccc23)cc1. The van der Waals surface area contributed by atoms with Gasteiger partial charge in [0.05, 0.1) is 22.7 Å². The van der Waals surface area contributed by atoms with Gasteiger partial charge < -0.3 is 21.9 Å². The minimum Gasteiger partial charge on any atom is -0.397 e. The Bertz CT molecular complexity index is 1190. The van der Waals surface area contributed by atoms with Crippen LogP contribution in [0.1, 0.15) is 5.56 Å². The highest BCUT2D eigenvalue weighted by atomic mass is 16.1. The fraction of sp³-hybridized carbons (Fsp3) is 0. The normalized spacial score (nSPS) is 10.8. The molecule has 5 heteroatoms. The first-order valence-corrected chi connectivity index (χ1v) is 9.62. The van der Waals surface area contributed by atoms with Crippen LogP contribution in [0.3, 0.4) is 0 Å². The first kappa shape index (κ1) is 19.1. The van der Waals surface area contributed by atoms with Crippen molar-refractivity contribution in [3.63, 3.8) is 0 Å². The van der Waals surface area contributed by atoms with E-state index in [9.17, 15) is 4.79 Å². The number of hydrogen-bond donors (Lipinski definition) is 4. The molecule has 0 saturated carbocycles. The highest BCUT2D eigenvalue weighted by Gasteiger charge is 2.02. The molecule has 4 aromatic carbocycles. The summed E-state index contributed by atoms with van der Waals surface area (Å²) >= 11 is 0. The Hall–Kier alpha value is -4.25. The van der Waals surface area contributed by atoms with Crippen molar-refractivity contribution in [2.75, 3.05) is 21.9 Å². The molecule has 0 aliphatic carbocycles. The summed E-state index contributed by atoms with van der Waals surface area (Å²) in [6.07, 6.45) is 3.25. The minimum atomic E-state index is -0.229. The number of fused-ring (bicyclic) bond motifs is 1. The highest BCUT2D eigenvalue weighted by Crippen LogP contribution is 2.23. The van der Waals surface area contributed by atoms with Gasteiger partial charge in [0, 0.05) is 11.5 Å². The van der Waals surface area contributed by atoms with Crippen LogP contribution in [0.15, 0.2) is 97.1 Å². The molecular formula is C25H22N4O. The number of carbonyl (C=O) groups excluding carboxylic acids is 1. The van der Waals surface area contributed by atoms with Crippen LogP contribution in [-0.4, -0.2) is 5.91 Å². The number of nitrogens with two attached hydrogens (primary N) is 1. The Morgan fingerprint density at radius 1 is 0.733 bits per heavy atom. The molecule has 0 aromatic heterocycles. The fourth-order valence-corrected chi connectivity index (χ4v) is 3.11. The van der Waals surface area contributed by atoms with Crippen LogP contribution in [0.4, 0.5) is 22.7 Å². The molecule has 4 rings (SSSR count). The molecular weight excluding hydrogens is 372 g/mol. The summed E-state index contributed by atoms with van der Waals surface area (Å²) in [6, 6.07) is 29.3. The predicted octanol–water partition coefficient (Wildman–Crippen LogP) is 5.51. The number of nitrogens with one attached hydrogen (secondary N) is 3. The number of hydrogen-bond acceptors (Lipinski definition) is 4. The van der Waals surface area contributed by atoms with Crippen LogP contribution < -0.4 is 21.9 Å². The van der Waals surface area contributed by atoms with Crippen LogP contribution in [0.25, 0.3) is 16.8 Å². The zero-order valence-electron chi connectivity index (χ0n) is 16.3. The quantitative estimate of drug-likeness (QED) is 0.197. The Morgan fingerprint density at radius 2 is 1.43 bits per heavy atom. The molecule has 0 atom stereocenters. The van der Waals surface area contributed by atoms with E-state index in [-0.39, 0.29) is 5.91 Å². The van der Waals surface area contributed by atoms with Gasteiger partial charge in [0.1, 0.15) is 0 Å². The molecule has 0 fully saturated rings. The number of para-hydroxylation sites is 2. The zero-order chi connectivity index (χ0) is 20.8. The van der Waals surface area contributed by atoms with Crippen molar-refractivity contribution in [3.05, 3.63) is 103 Å². The Morgan fingerprint density at radius 3 is 2.27 bits per heavy atom. The molecule has 5 nitrogen and oxygen atoms in total. The lowest BCUT2D eigenvalue weighted by atomic mass is 10.1. The standard InChI is InChI=1S/C25H22N4O/c26-22-9-3-4-10-24(22)27-25(30)17-14-18-12-15-20(16-13-18)28-29-23-11-5-7-19-6-1-2-8-21(19)23/h1-17,28-29H,26H2,(H,27,30)/b17-14+. The van der Waals surface area contributed by atoms with Crippen molar-refractivity contribution in [3.8, 4) is 0 Å². The van der Waals surface area contributed by atoms with Crippen LogP contribution in [0.5, 0.6) is 0 Å². The van der Waals surface area contributed by atoms with Gasteiger partial charge in [-0.15, -0.1) is 0 Å². The molecule has 4 aromatic rings. The highest BCUT2D eigenvalue weighted by molar-refractivity contribution is 6.03. The summed E-state index contributed by atoms with van der Waals surface area (Å²) < 4.78 is 0. The van der Waals surface area contributed by atoms with Gasteiger partial charge in [-0.1, -0.05) is 60.7 Å². The molecule has 1 amide bonds. The summed E-state index contributed by atoms with van der Waals surface area (Å²) in [7, 11) is 0. The van der Waals surface area contributed by atoms with Gasteiger partial charge in [-0.25, -0.2) is 0 Å². The summed E-state index contributed by atoms with van der Waals surface area (Å²) in [5, 5.41) is 5.10. The Balaban J connectivity index is 1.36. The maximum atomic E-state index is 12.1. The molecule has 0 aliphatic heterocycles. The number of carbonyl (C=O) groups is 1. The second-order valence-corrected chi connectivity index (χ2v) is 6.81. The van der Waals surface area contributed by atoms with Gasteiger partial charge in [-0.05, 0) is 47.4 Å². The van der Waals surface area contributed by atoms with Crippen molar-refractivity contribution in [2.24, 2.45) is 0 Å². The van der Waals surface area contributed by atoms with Crippen molar-refractivity contribution in [1.29, 1.82) is 0 Å². The summed E-state index contributed by atoms with van der Waals surface area (Å²) in [6.45, 7) is 0. The van der Waals surface area contributed by atoms with E-state index in [1.807, 2.05) is 60.7 Å². The molecule has 0 unspecified atom stereocenters. The topological polar surface area (TPSA) is 79.2 Å². The van der Waals surface area contributed by atoms with E-state index in [0.29, 0.717) is 11.4 Å². The minimum absolute atomic E-state index is 0.229. The second kappa shape index (κ2) is 8.84. The van der Waals surface area contributed by atoms with E-state index in [2.05, 4.69) is 34.4 Å². The van der Waals surface area contributed by atoms with E-state index in [4.69, 9.17) is 5.73 Å². The summed E-state index contributed by atoms with van der Waals surface area (Å²) in [5.41, 5.74) is 16.3. The maximum absolute atomic E-state index is 12.1. The average molecular weight is 394 g/mol. The largest absolute Gasteiger partial charge is 0.397 e. The van der Waals surface area contributed by atoms with Gasteiger partial charge in [0.2, 0.25) is 5.91 Å². The van der Waals surface area contributed by atoms with Gasteiger partial charge in [0.25, 0.3) is 0 Å². The van der Waals surface area contributed by atoms with Crippen LogP contribution in [0.2, 0.25) is 0 Å². The van der Waals surface area contributed by atoms with Crippen LogP contribution in [0, 0.1) is 0 Å². The maximum Gasteiger partial charge on any atom is 0.248 e. The molecule has 0 saturated heterocycles. The average Bonchev–Trinajstić information content (AvgIpc) is 2.78. The lowest BCUT2D eigenvalue weighted by Crippen LogP contribution is -2.09. The molecule has 0 spiro atoms. The molecule has 0 aliphatic rings. The van der Waals surface area contributed by atoms with Crippen LogP contribution in [-0.2, 0) is 4.79 Å². The van der Waals surface area contributed by atoms with Crippen molar-refractivity contribution >= 4 is 45.5 Å². The molecule has 148 valence electrons. The van der Waals surface area contributed by atoms with Crippen molar-refractivity contribution in [2.45, 2.75) is 0 Å². The van der Waals surface area contributed by atoms with Gasteiger partial charge in [-0.2, -0.15) is 0 Å². The third-order valence-corrected chi connectivity index (χ3v) is 4.69. The summed E-state index contributed by atoms with van der Waals surface area (Å²) in [5.74, 6) is -0.229. The summed E-state index contributed by atoms with van der Waals surface area (Å²) in [4.78, 5) is 12.1. The molecule has 5 N–H and O–H groups in total. The zero-order valence-corrected chi connectivity index (χ0v) is 16.3. The number of hydrazine groups is 1. The van der Waals surface area contributed by atoms with Crippen molar-refractivity contribution in [1.82, 2.24) is 0 Å². The molecule has 0 heterocycles. The lowest BCUT2D eigenvalue weighted by Gasteiger charge is -2.12. The lowest BCUT2D eigenvalue weighted by molar-refractivity contribution is -0.111. The van der Waals surface area contributed by atoms with Gasteiger partial charge in [0.15, 0.2) is 0 Å². The third kappa shape index (κ3) is 4.59. The fourth-order valence-electron chi connectivity index (χ4n) is 3.11. The smallest absolute Gasteiger partial charge is 0.248 e. The number of nitrogen functional groups attached to an aromatic ring is 1. The van der Waals surface area contributed by atoms with E-state index in [1.54, 1.807) is 18.2 Å². The van der Waals surface area contributed by atoms with Crippen molar-refractivity contribution < 1.29 is 4.79 Å². The van der Waals surface area contributed by atoms with E-state index >= 15 is 0 Å². The monoisotopic (exact) mass is 394 g/mol. The van der Waals surface area contributed by atoms with Gasteiger partial charge in [-0.3, -0.25) is 4.79 Å². The Kier molecular flexibility index (Phi) is 5.62. The van der Waals surface area contributed by atoms with E-state index in [1.165, 1.54) is 11.5 Å². The predicted molar refractivity (Wildman–Crippen MR) is 126 cm³/mol. The number of benzene rings is 4. The van der Waals surface area contributed by atoms with Crippen LogP contribution >= 0.6 is 0 Å². The second-order valence-electron chi connectivity index (χ2n) is 6.81. The van der Waals surface area contributed by atoms with E-state index in [0.717, 1.165) is 22.3 Å². The first-order chi connectivity index (χ1) is 14.7. The number of rotatable bonds is 6. The van der Waals surface area contributed by atoms with Gasteiger partial charge >= 0.3 is 0 Å². The molecule has 0 radical (unpaired) electrons. The first-order valence-electron chi connectivity index (χ1n) is 9.62. The molecule has 0 bridgehead atoms. The number of amides is 1. The number of anilines is 4. The molecule has 30 heavy (non-hydrogen) atoms. The Labute approximate surface area is 175 Å². The van der Waals surface area contributed by atoms with E-state index < -0.39 is 0 Å².